The van der Waals surface area contributed by atoms with E-state index >= 15 is 0 Å². The zero-order chi connectivity index (χ0) is 8.27. The highest BCUT2D eigenvalue weighted by atomic mass is 32.1. The van der Waals surface area contributed by atoms with Crippen LogP contribution < -0.4 is 0 Å². The third kappa shape index (κ3) is 2.04. The van der Waals surface area contributed by atoms with Gasteiger partial charge >= 0.3 is 0 Å². The minimum absolute atomic E-state index is 0.119. The van der Waals surface area contributed by atoms with Crippen molar-refractivity contribution in [2.45, 2.75) is 13.3 Å². The first-order valence-corrected chi connectivity index (χ1v) is 3.90. The highest BCUT2D eigenvalue weighted by Gasteiger charge is 2.05. The zero-order valence-corrected chi connectivity index (χ0v) is 7.06. The predicted molar refractivity (Wildman–Crippen MR) is 43.9 cm³/mol. The van der Waals surface area contributed by atoms with Crippen molar-refractivity contribution < 1.29 is 4.79 Å². The van der Waals surface area contributed by atoms with Crippen molar-refractivity contribution in [3.63, 3.8) is 0 Å². The summed E-state index contributed by atoms with van der Waals surface area (Å²) >= 11 is 4.02. The lowest BCUT2D eigenvalue weighted by atomic mass is 10.4. The molecule has 0 aliphatic heterocycles. The Kier molecular flexibility index (Phi) is 2.64. The first-order valence-electron chi connectivity index (χ1n) is 3.27. The Morgan fingerprint density at radius 2 is 2.45 bits per heavy atom. The number of carbonyl (C=O) groups excluding carboxylic acids is 1. The van der Waals surface area contributed by atoms with Crippen LogP contribution in [0.2, 0.25) is 0 Å². The van der Waals surface area contributed by atoms with Crippen LogP contribution in [0.25, 0.3) is 0 Å². The number of nitrogens with zero attached hydrogens (tertiary/aromatic N) is 2. The van der Waals surface area contributed by atoms with Crippen LogP contribution in [0.4, 0.5) is 0 Å². The van der Waals surface area contributed by atoms with Crippen molar-refractivity contribution in [1.82, 2.24) is 15.2 Å². The number of ketones is 1. The standard InChI is InChI=1S/C6H9N3OS/c1-4(10)6-7-5(2-3-11)8-9-6/h11H,2-3H2,1H3,(H,7,8,9). The van der Waals surface area contributed by atoms with Crippen LogP contribution in [-0.2, 0) is 6.42 Å². The lowest BCUT2D eigenvalue weighted by Gasteiger charge is -1.85. The number of aryl methyl sites for hydroxylation is 1. The second kappa shape index (κ2) is 3.52. The van der Waals surface area contributed by atoms with Crippen molar-refractivity contribution in [3.05, 3.63) is 11.6 Å². The van der Waals surface area contributed by atoms with Crippen molar-refractivity contribution in [3.8, 4) is 0 Å². The molecule has 0 saturated heterocycles. The molecule has 5 heteroatoms. The number of hydrogen-bond donors (Lipinski definition) is 2. The summed E-state index contributed by atoms with van der Waals surface area (Å²) in [5, 5.41) is 6.37. The highest BCUT2D eigenvalue weighted by Crippen LogP contribution is 1.95. The summed E-state index contributed by atoms with van der Waals surface area (Å²) in [7, 11) is 0. The maximum absolute atomic E-state index is 10.7. The molecule has 0 amide bonds. The van der Waals surface area contributed by atoms with Gasteiger partial charge in [-0.3, -0.25) is 9.89 Å². The fraction of sp³-hybridized carbons (Fsp3) is 0.500. The van der Waals surface area contributed by atoms with E-state index in [1.54, 1.807) is 0 Å². The van der Waals surface area contributed by atoms with E-state index in [0.29, 0.717) is 18.0 Å². The van der Waals surface area contributed by atoms with Gasteiger partial charge in [-0.15, -0.1) is 0 Å². The van der Waals surface area contributed by atoms with E-state index in [2.05, 4.69) is 27.8 Å². The third-order valence-electron chi connectivity index (χ3n) is 1.20. The van der Waals surface area contributed by atoms with E-state index in [1.165, 1.54) is 6.92 Å². The van der Waals surface area contributed by atoms with Crippen molar-refractivity contribution in [1.29, 1.82) is 0 Å². The first kappa shape index (κ1) is 8.26. The number of rotatable bonds is 3. The molecule has 11 heavy (non-hydrogen) atoms. The molecule has 0 saturated carbocycles. The van der Waals surface area contributed by atoms with E-state index in [-0.39, 0.29) is 11.6 Å². The SMILES string of the molecule is CC(=O)c1n[nH]c(CCS)n1. The van der Waals surface area contributed by atoms with Crippen LogP contribution in [0.3, 0.4) is 0 Å². The summed E-state index contributed by atoms with van der Waals surface area (Å²) in [4.78, 5) is 14.6. The van der Waals surface area contributed by atoms with Crippen molar-refractivity contribution in [2.75, 3.05) is 5.75 Å². The van der Waals surface area contributed by atoms with Gasteiger partial charge in [0.05, 0.1) is 0 Å². The van der Waals surface area contributed by atoms with E-state index in [4.69, 9.17) is 0 Å². The van der Waals surface area contributed by atoms with E-state index in [1.807, 2.05) is 0 Å². The molecule has 0 radical (unpaired) electrons. The molecule has 0 atom stereocenters. The van der Waals surface area contributed by atoms with Gasteiger partial charge in [-0.05, 0) is 5.75 Å². The van der Waals surface area contributed by atoms with Gasteiger partial charge in [0, 0.05) is 13.3 Å². The average Bonchev–Trinajstić information content (AvgIpc) is 2.37. The second-order valence-electron chi connectivity index (χ2n) is 2.14. The van der Waals surface area contributed by atoms with Crippen LogP contribution in [0.1, 0.15) is 23.4 Å². The minimum Gasteiger partial charge on any atom is -0.291 e. The second-order valence-corrected chi connectivity index (χ2v) is 2.58. The quantitative estimate of drug-likeness (QED) is 0.513. The molecule has 60 valence electrons. The van der Waals surface area contributed by atoms with Gasteiger partial charge in [-0.2, -0.15) is 17.7 Å². The summed E-state index contributed by atoms with van der Waals surface area (Å²) in [6, 6.07) is 0. The van der Waals surface area contributed by atoms with Crippen LogP contribution in [0.5, 0.6) is 0 Å². The van der Waals surface area contributed by atoms with E-state index < -0.39 is 0 Å². The number of carbonyl (C=O) groups is 1. The van der Waals surface area contributed by atoms with Gasteiger partial charge in [0.25, 0.3) is 0 Å². The minimum atomic E-state index is -0.119. The third-order valence-corrected chi connectivity index (χ3v) is 1.42. The van der Waals surface area contributed by atoms with Crippen LogP contribution in [0.15, 0.2) is 0 Å². The smallest absolute Gasteiger partial charge is 0.216 e. The summed E-state index contributed by atoms with van der Waals surface area (Å²) in [5.74, 6) is 1.55. The molecule has 1 N–H and O–H groups in total. The summed E-state index contributed by atoms with van der Waals surface area (Å²) < 4.78 is 0. The molecule has 0 aliphatic rings. The molecule has 4 nitrogen and oxygen atoms in total. The van der Waals surface area contributed by atoms with E-state index in [9.17, 15) is 4.79 Å². The lowest BCUT2D eigenvalue weighted by molar-refractivity contribution is 0.100. The fourth-order valence-electron chi connectivity index (χ4n) is 0.670. The number of aromatic amines is 1. The molecule has 0 fully saturated rings. The zero-order valence-electron chi connectivity index (χ0n) is 6.16. The molecular formula is C6H9N3OS. The largest absolute Gasteiger partial charge is 0.291 e. The number of hydrogen-bond acceptors (Lipinski definition) is 4. The van der Waals surface area contributed by atoms with Crippen LogP contribution in [0, 0.1) is 0 Å². The molecule has 0 aliphatic carbocycles. The number of nitrogens with one attached hydrogen (secondary N) is 1. The molecular weight excluding hydrogens is 162 g/mol. The molecule has 1 aromatic rings. The number of Topliss-reactive ketones (excluding diaryl/α,β-unsaturated/α-hetero) is 1. The Bertz CT molecular complexity index is 258. The first-order chi connectivity index (χ1) is 5.24. The Labute approximate surface area is 69.8 Å². The summed E-state index contributed by atoms with van der Waals surface area (Å²) in [6.45, 7) is 1.44. The van der Waals surface area contributed by atoms with Gasteiger partial charge in [0.2, 0.25) is 5.82 Å². The number of H-pyrrole nitrogens is 1. The molecule has 1 heterocycles. The molecule has 1 aromatic heterocycles. The average molecular weight is 171 g/mol. The maximum Gasteiger partial charge on any atom is 0.216 e. The Balaban J connectivity index is 2.73. The Hall–Kier alpha value is -0.840. The number of aromatic nitrogens is 3. The number of thiol groups is 1. The molecule has 1 rings (SSSR count). The summed E-state index contributed by atoms with van der Waals surface area (Å²) in [6.07, 6.45) is 0.712. The van der Waals surface area contributed by atoms with Crippen LogP contribution in [-0.4, -0.2) is 26.7 Å². The lowest BCUT2D eigenvalue weighted by Crippen LogP contribution is -1.95. The topological polar surface area (TPSA) is 58.6 Å². The van der Waals surface area contributed by atoms with Crippen LogP contribution >= 0.6 is 12.6 Å². The molecule has 0 aromatic carbocycles. The normalized spacial score (nSPS) is 10.0. The van der Waals surface area contributed by atoms with Crippen molar-refractivity contribution >= 4 is 18.4 Å². The van der Waals surface area contributed by atoms with Gasteiger partial charge in [-0.25, -0.2) is 4.98 Å². The molecule has 0 unspecified atom stereocenters. The predicted octanol–water partition coefficient (Wildman–Crippen LogP) is 0.480. The van der Waals surface area contributed by atoms with E-state index in [0.717, 1.165) is 0 Å². The molecule has 0 bridgehead atoms. The fourth-order valence-corrected chi connectivity index (χ4v) is 0.882. The van der Waals surface area contributed by atoms with Crippen molar-refractivity contribution in [2.24, 2.45) is 0 Å². The van der Waals surface area contributed by atoms with Gasteiger partial charge in [0.1, 0.15) is 5.82 Å². The summed E-state index contributed by atoms with van der Waals surface area (Å²) in [5.41, 5.74) is 0. The highest BCUT2D eigenvalue weighted by molar-refractivity contribution is 7.80. The van der Waals surface area contributed by atoms with Gasteiger partial charge in [0.15, 0.2) is 5.78 Å². The van der Waals surface area contributed by atoms with Gasteiger partial charge < -0.3 is 0 Å². The van der Waals surface area contributed by atoms with Gasteiger partial charge in [-0.1, -0.05) is 0 Å². The Morgan fingerprint density at radius 3 is 2.91 bits per heavy atom. The monoisotopic (exact) mass is 171 g/mol. The molecule has 0 spiro atoms. The Morgan fingerprint density at radius 1 is 1.73 bits per heavy atom. The maximum atomic E-state index is 10.7.